The minimum atomic E-state index is -0.620. The average molecular weight is 333 g/mol. The Morgan fingerprint density at radius 1 is 1.21 bits per heavy atom. The summed E-state index contributed by atoms with van der Waals surface area (Å²) < 4.78 is 0. The van der Waals surface area contributed by atoms with Gasteiger partial charge < -0.3 is 5.73 Å². The molecular weight excluding hydrogens is 306 g/mol. The number of rotatable bonds is 6. The Balaban J connectivity index is 1.93. The van der Waals surface area contributed by atoms with Crippen molar-refractivity contribution in [3.05, 3.63) is 35.4 Å². The summed E-state index contributed by atoms with van der Waals surface area (Å²) >= 11 is 0. The first kappa shape index (κ1) is 18.1. The van der Waals surface area contributed by atoms with E-state index in [4.69, 9.17) is 5.73 Å². The third-order valence-corrected chi connectivity index (χ3v) is 4.24. The van der Waals surface area contributed by atoms with Gasteiger partial charge in [0, 0.05) is 13.6 Å². The molecule has 4 amide bonds. The lowest BCUT2D eigenvalue weighted by Gasteiger charge is -2.32. The van der Waals surface area contributed by atoms with Crippen molar-refractivity contribution in [1.82, 2.24) is 19.8 Å². The van der Waals surface area contributed by atoms with E-state index in [9.17, 15) is 9.59 Å². The van der Waals surface area contributed by atoms with Gasteiger partial charge in [-0.05, 0) is 45.8 Å². The topological polar surface area (TPSA) is 73.1 Å². The maximum atomic E-state index is 12.4. The van der Waals surface area contributed by atoms with Crippen molar-refractivity contribution in [2.24, 2.45) is 5.73 Å². The number of unbranched alkanes of at least 4 members (excludes halogenated alkanes) is 1. The number of hydrogen-bond acceptors (Lipinski definition) is 3. The first-order valence-electron chi connectivity index (χ1n) is 8.18. The second kappa shape index (κ2) is 7.53. The molecule has 0 saturated carbocycles. The van der Waals surface area contributed by atoms with E-state index in [0.717, 1.165) is 19.3 Å². The van der Waals surface area contributed by atoms with E-state index in [0.29, 0.717) is 6.54 Å². The molecule has 0 bridgehead atoms. The van der Waals surface area contributed by atoms with Gasteiger partial charge in [-0.25, -0.2) is 14.6 Å². The monoisotopic (exact) mass is 333 g/mol. The number of urea groups is 2. The molecule has 1 fully saturated rings. The van der Waals surface area contributed by atoms with Gasteiger partial charge in [0.25, 0.3) is 0 Å². The van der Waals surface area contributed by atoms with E-state index in [-0.39, 0.29) is 6.03 Å². The van der Waals surface area contributed by atoms with Crippen LogP contribution >= 0.6 is 0 Å². The number of hydrogen-bond donors (Lipinski definition) is 1. The maximum Gasteiger partial charge on any atom is 0.341 e. The number of carbonyl (C=O) groups is 2. The molecule has 2 rings (SSSR count). The van der Waals surface area contributed by atoms with Crippen LogP contribution in [0.15, 0.2) is 24.3 Å². The molecule has 0 aromatic heterocycles. The number of benzene rings is 1. The summed E-state index contributed by atoms with van der Waals surface area (Å²) in [5.74, 6) is 0. The van der Waals surface area contributed by atoms with Gasteiger partial charge in [-0.2, -0.15) is 5.01 Å². The van der Waals surface area contributed by atoms with Crippen LogP contribution in [0.2, 0.25) is 0 Å². The highest BCUT2D eigenvalue weighted by molar-refractivity contribution is 5.83. The highest BCUT2D eigenvalue weighted by Crippen LogP contribution is 2.22. The van der Waals surface area contributed by atoms with Crippen LogP contribution in [0.4, 0.5) is 9.59 Å². The first-order chi connectivity index (χ1) is 11.3. The van der Waals surface area contributed by atoms with Crippen molar-refractivity contribution in [3.63, 3.8) is 0 Å². The average Bonchev–Trinajstić information content (AvgIpc) is 2.78. The number of nitrogens with zero attached hydrogens (tertiary/aromatic N) is 4. The van der Waals surface area contributed by atoms with Gasteiger partial charge in [0.15, 0.2) is 6.29 Å². The van der Waals surface area contributed by atoms with Crippen LogP contribution < -0.4 is 5.73 Å². The van der Waals surface area contributed by atoms with Crippen LogP contribution in [0.25, 0.3) is 0 Å². The molecule has 7 nitrogen and oxygen atoms in total. The number of carbonyl (C=O) groups excluding carboxylic acids is 2. The fraction of sp³-hybridized carbons (Fsp3) is 0.529. The largest absolute Gasteiger partial charge is 0.350 e. The van der Waals surface area contributed by atoms with Crippen LogP contribution in [0, 0.1) is 6.92 Å². The molecule has 24 heavy (non-hydrogen) atoms. The second-order valence-electron chi connectivity index (χ2n) is 6.45. The molecule has 132 valence electrons. The third-order valence-electron chi connectivity index (χ3n) is 4.24. The fourth-order valence-corrected chi connectivity index (χ4v) is 3.01. The maximum absolute atomic E-state index is 12.4. The zero-order chi connectivity index (χ0) is 17.9. The summed E-state index contributed by atoms with van der Waals surface area (Å²) in [6.07, 6.45) is 2.21. The molecule has 1 saturated heterocycles. The van der Waals surface area contributed by atoms with Crippen molar-refractivity contribution in [1.29, 1.82) is 0 Å². The Bertz CT molecular complexity index is 587. The van der Waals surface area contributed by atoms with Crippen molar-refractivity contribution in [2.45, 2.75) is 32.5 Å². The number of hydrazine groups is 1. The van der Waals surface area contributed by atoms with E-state index in [1.54, 1.807) is 11.9 Å². The number of primary amides is 1. The van der Waals surface area contributed by atoms with Crippen LogP contribution in [0.1, 0.15) is 24.0 Å². The lowest BCUT2D eigenvalue weighted by Crippen LogP contribution is -2.55. The summed E-state index contributed by atoms with van der Waals surface area (Å²) in [5.41, 5.74) is 8.02. The number of aryl methyl sites for hydroxylation is 2. The second-order valence-corrected chi connectivity index (χ2v) is 6.45. The molecular formula is C17H27N5O2. The number of amides is 4. The molecule has 0 spiro atoms. The fourth-order valence-electron chi connectivity index (χ4n) is 3.01. The molecule has 1 aliphatic heterocycles. The summed E-state index contributed by atoms with van der Waals surface area (Å²) in [4.78, 5) is 27.5. The summed E-state index contributed by atoms with van der Waals surface area (Å²) in [6.45, 7) is 2.54. The third kappa shape index (κ3) is 3.79. The van der Waals surface area contributed by atoms with Crippen LogP contribution in [-0.4, -0.2) is 65.9 Å². The van der Waals surface area contributed by atoms with Crippen LogP contribution in [0.3, 0.4) is 0 Å². The van der Waals surface area contributed by atoms with Crippen LogP contribution in [-0.2, 0) is 6.42 Å². The van der Waals surface area contributed by atoms with Gasteiger partial charge in [0.05, 0.1) is 0 Å². The quantitative estimate of drug-likeness (QED) is 0.807. The first-order valence-corrected chi connectivity index (χ1v) is 8.18. The molecule has 0 aliphatic carbocycles. The van der Waals surface area contributed by atoms with Gasteiger partial charge in [-0.1, -0.05) is 29.8 Å². The van der Waals surface area contributed by atoms with Gasteiger partial charge in [-0.3, -0.25) is 9.80 Å². The summed E-state index contributed by atoms with van der Waals surface area (Å²) in [6, 6.07) is 7.63. The number of nitrogens with two attached hydrogens (primary N) is 1. The minimum absolute atomic E-state index is 0.206. The lowest BCUT2D eigenvalue weighted by atomic mass is 10.1. The normalized spacial score (nSPS) is 18.0. The SMILES string of the molecule is Cc1ccc(CCCCN2C(=O)N(C)C(N(C)C)N2C(N)=O)cc1. The summed E-state index contributed by atoms with van der Waals surface area (Å²) in [7, 11) is 5.30. The van der Waals surface area contributed by atoms with Crippen molar-refractivity contribution >= 4 is 12.1 Å². The predicted octanol–water partition coefficient (Wildman–Crippen LogP) is 1.83. The molecule has 1 atom stereocenters. The van der Waals surface area contributed by atoms with E-state index in [2.05, 4.69) is 31.2 Å². The van der Waals surface area contributed by atoms with Crippen molar-refractivity contribution < 1.29 is 9.59 Å². The Labute approximate surface area is 143 Å². The van der Waals surface area contributed by atoms with Gasteiger partial charge in [-0.15, -0.1) is 0 Å². The summed E-state index contributed by atoms with van der Waals surface area (Å²) in [5, 5.41) is 2.77. The van der Waals surface area contributed by atoms with E-state index < -0.39 is 12.3 Å². The molecule has 0 radical (unpaired) electrons. The van der Waals surface area contributed by atoms with Crippen molar-refractivity contribution in [3.8, 4) is 0 Å². The van der Waals surface area contributed by atoms with E-state index in [1.165, 1.54) is 26.0 Å². The molecule has 1 aliphatic rings. The Kier molecular flexibility index (Phi) is 5.66. The molecule has 2 N–H and O–H groups in total. The smallest absolute Gasteiger partial charge is 0.341 e. The van der Waals surface area contributed by atoms with Gasteiger partial charge in [0.2, 0.25) is 0 Å². The molecule has 1 aromatic rings. The highest BCUT2D eigenvalue weighted by atomic mass is 16.2. The van der Waals surface area contributed by atoms with Gasteiger partial charge >= 0.3 is 12.1 Å². The molecule has 1 heterocycles. The standard InChI is InChI=1S/C17H27N5O2/c1-13-8-10-14(11-9-13)7-5-6-12-21-17(24)20(4)16(19(2)3)22(21)15(18)23/h8-11,16H,5-7,12H2,1-4H3,(H2,18,23). The van der Waals surface area contributed by atoms with Crippen molar-refractivity contribution in [2.75, 3.05) is 27.7 Å². The molecule has 7 heteroatoms. The zero-order valence-corrected chi connectivity index (χ0v) is 14.9. The Hall–Kier alpha value is -2.28. The van der Waals surface area contributed by atoms with E-state index in [1.807, 2.05) is 14.1 Å². The van der Waals surface area contributed by atoms with Gasteiger partial charge in [0.1, 0.15) is 0 Å². The minimum Gasteiger partial charge on any atom is -0.350 e. The van der Waals surface area contributed by atoms with Crippen LogP contribution in [0.5, 0.6) is 0 Å². The highest BCUT2D eigenvalue weighted by Gasteiger charge is 2.45. The Morgan fingerprint density at radius 3 is 2.38 bits per heavy atom. The lowest BCUT2D eigenvalue weighted by molar-refractivity contribution is -0.0141. The Morgan fingerprint density at radius 2 is 1.83 bits per heavy atom. The van der Waals surface area contributed by atoms with E-state index >= 15 is 0 Å². The zero-order valence-electron chi connectivity index (χ0n) is 14.9. The molecule has 1 aromatic carbocycles. The molecule has 1 unspecified atom stereocenters. The predicted molar refractivity (Wildman–Crippen MR) is 92.9 cm³/mol.